The Hall–Kier alpha value is -1.53. The molecule has 0 saturated heterocycles. The Morgan fingerprint density at radius 2 is 2.00 bits per heavy atom. The SMILES string of the molecule is CN1CCN(C(=O)c2cccnc2SC2CCCC2)c2ccc(Br)cc21. The molecule has 2 aliphatic rings. The van der Waals surface area contributed by atoms with Crippen molar-refractivity contribution < 1.29 is 4.79 Å². The molecule has 1 aliphatic carbocycles. The Bertz CT molecular complexity index is 822. The second-order valence-corrected chi connectivity index (χ2v) is 9.10. The third-order valence-corrected chi connectivity index (χ3v) is 6.97. The van der Waals surface area contributed by atoms with Gasteiger partial charge in [0.25, 0.3) is 5.91 Å². The van der Waals surface area contributed by atoms with Gasteiger partial charge >= 0.3 is 0 Å². The van der Waals surface area contributed by atoms with E-state index in [0.717, 1.165) is 33.0 Å². The van der Waals surface area contributed by atoms with Crippen LogP contribution in [-0.4, -0.2) is 36.3 Å². The molecule has 1 fully saturated rings. The van der Waals surface area contributed by atoms with Crippen molar-refractivity contribution in [1.29, 1.82) is 0 Å². The minimum Gasteiger partial charge on any atom is -0.371 e. The highest BCUT2D eigenvalue weighted by molar-refractivity contribution is 9.10. The number of likely N-dealkylation sites (N-methyl/N-ethyl adjacent to an activating group) is 1. The maximum absolute atomic E-state index is 13.4. The normalized spacial score (nSPS) is 17.5. The Kier molecular flexibility index (Phi) is 5.23. The van der Waals surface area contributed by atoms with Gasteiger partial charge in [-0.3, -0.25) is 4.79 Å². The standard InChI is InChI=1S/C20H22BrN3OS/c1-23-11-12-24(17-9-8-14(21)13-18(17)23)20(25)16-7-4-10-22-19(16)26-15-5-2-3-6-15/h4,7-10,13,15H,2-3,5-6,11-12H2,1H3. The van der Waals surface area contributed by atoms with E-state index in [9.17, 15) is 4.79 Å². The molecule has 4 rings (SSSR count). The molecule has 1 aromatic heterocycles. The Labute approximate surface area is 167 Å². The molecule has 0 N–H and O–H groups in total. The maximum Gasteiger partial charge on any atom is 0.261 e. The van der Waals surface area contributed by atoms with Crippen molar-refractivity contribution in [2.75, 3.05) is 29.9 Å². The zero-order chi connectivity index (χ0) is 18.1. The third kappa shape index (κ3) is 3.49. The Balaban J connectivity index is 1.65. The summed E-state index contributed by atoms with van der Waals surface area (Å²) in [5, 5.41) is 1.47. The van der Waals surface area contributed by atoms with Gasteiger partial charge in [0.1, 0.15) is 5.03 Å². The van der Waals surface area contributed by atoms with Gasteiger partial charge < -0.3 is 9.80 Å². The van der Waals surface area contributed by atoms with Crippen molar-refractivity contribution >= 4 is 45.0 Å². The van der Waals surface area contributed by atoms with Gasteiger partial charge in [0.05, 0.1) is 16.9 Å². The predicted octanol–water partition coefficient (Wildman–Crippen LogP) is 4.98. The molecule has 2 heterocycles. The number of anilines is 2. The molecule has 1 aromatic carbocycles. The van der Waals surface area contributed by atoms with Crippen LogP contribution in [0.1, 0.15) is 36.0 Å². The lowest BCUT2D eigenvalue weighted by Crippen LogP contribution is -2.43. The van der Waals surface area contributed by atoms with Gasteiger partial charge in [-0.15, -0.1) is 11.8 Å². The van der Waals surface area contributed by atoms with Gasteiger partial charge in [0, 0.05) is 36.1 Å². The quantitative estimate of drug-likeness (QED) is 0.686. The maximum atomic E-state index is 13.4. The topological polar surface area (TPSA) is 36.4 Å². The van der Waals surface area contributed by atoms with E-state index in [4.69, 9.17) is 0 Å². The molecule has 0 spiro atoms. The Morgan fingerprint density at radius 1 is 1.19 bits per heavy atom. The van der Waals surface area contributed by atoms with Crippen molar-refractivity contribution in [2.24, 2.45) is 0 Å². The third-order valence-electron chi connectivity index (χ3n) is 5.13. The number of nitrogens with zero attached hydrogens (tertiary/aromatic N) is 3. The van der Waals surface area contributed by atoms with E-state index in [1.807, 2.05) is 29.2 Å². The van der Waals surface area contributed by atoms with Crippen molar-refractivity contribution in [2.45, 2.75) is 36.0 Å². The number of carbonyl (C=O) groups excluding carboxylic acids is 1. The number of pyridine rings is 1. The molecule has 4 nitrogen and oxygen atoms in total. The van der Waals surface area contributed by atoms with Gasteiger partial charge in [0.2, 0.25) is 0 Å². The molecule has 1 aliphatic heterocycles. The molecule has 0 unspecified atom stereocenters. The van der Waals surface area contributed by atoms with E-state index in [1.54, 1.807) is 18.0 Å². The molecule has 1 amide bonds. The lowest BCUT2D eigenvalue weighted by atomic mass is 10.1. The monoisotopic (exact) mass is 431 g/mol. The van der Waals surface area contributed by atoms with Crippen LogP contribution in [0.4, 0.5) is 11.4 Å². The van der Waals surface area contributed by atoms with Crippen molar-refractivity contribution in [3.63, 3.8) is 0 Å². The van der Waals surface area contributed by atoms with Gasteiger partial charge in [-0.2, -0.15) is 0 Å². The fourth-order valence-electron chi connectivity index (χ4n) is 3.69. The fraction of sp³-hybridized carbons (Fsp3) is 0.400. The average molecular weight is 432 g/mol. The minimum atomic E-state index is 0.0512. The van der Waals surface area contributed by atoms with Crippen LogP contribution >= 0.6 is 27.7 Å². The number of fused-ring (bicyclic) bond motifs is 1. The number of rotatable bonds is 3. The number of halogens is 1. The molecule has 0 radical (unpaired) electrons. The average Bonchev–Trinajstić information content (AvgIpc) is 3.15. The van der Waals surface area contributed by atoms with Gasteiger partial charge in [-0.1, -0.05) is 28.8 Å². The van der Waals surface area contributed by atoms with E-state index in [1.165, 1.54) is 25.7 Å². The summed E-state index contributed by atoms with van der Waals surface area (Å²) in [5.74, 6) is 0.0512. The first-order valence-corrected chi connectivity index (χ1v) is 10.7. The lowest BCUT2D eigenvalue weighted by molar-refractivity contribution is 0.0983. The lowest BCUT2D eigenvalue weighted by Gasteiger charge is -2.36. The van der Waals surface area contributed by atoms with Crippen LogP contribution in [0.2, 0.25) is 0 Å². The van der Waals surface area contributed by atoms with Crippen LogP contribution in [0, 0.1) is 0 Å². The van der Waals surface area contributed by atoms with Gasteiger partial charge in [-0.05, 0) is 43.2 Å². The van der Waals surface area contributed by atoms with E-state index in [2.05, 4.69) is 38.9 Å². The van der Waals surface area contributed by atoms with Crippen LogP contribution in [0.5, 0.6) is 0 Å². The van der Waals surface area contributed by atoms with Crippen LogP contribution in [-0.2, 0) is 0 Å². The highest BCUT2D eigenvalue weighted by Gasteiger charge is 2.29. The van der Waals surface area contributed by atoms with E-state index in [0.29, 0.717) is 11.8 Å². The Morgan fingerprint density at radius 3 is 2.81 bits per heavy atom. The summed E-state index contributed by atoms with van der Waals surface area (Å²) in [6, 6.07) is 9.88. The molecule has 6 heteroatoms. The van der Waals surface area contributed by atoms with E-state index in [-0.39, 0.29) is 5.91 Å². The number of carbonyl (C=O) groups is 1. The summed E-state index contributed by atoms with van der Waals surface area (Å²) >= 11 is 5.31. The molecular weight excluding hydrogens is 410 g/mol. The second-order valence-electron chi connectivity index (χ2n) is 6.89. The predicted molar refractivity (Wildman–Crippen MR) is 111 cm³/mol. The summed E-state index contributed by atoms with van der Waals surface area (Å²) in [6.07, 6.45) is 6.81. The van der Waals surface area contributed by atoms with Crippen LogP contribution in [0.15, 0.2) is 46.0 Å². The summed E-state index contributed by atoms with van der Waals surface area (Å²) in [4.78, 5) is 22.0. The zero-order valence-corrected chi connectivity index (χ0v) is 17.2. The highest BCUT2D eigenvalue weighted by Crippen LogP contribution is 2.38. The minimum absolute atomic E-state index is 0.0512. The molecule has 136 valence electrons. The van der Waals surface area contributed by atoms with Crippen LogP contribution in [0.3, 0.4) is 0 Å². The van der Waals surface area contributed by atoms with Gasteiger partial charge in [0.15, 0.2) is 0 Å². The van der Waals surface area contributed by atoms with Crippen LogP contribution < -0.4 is 9.80 Å². The van der Waals surface area contributed by atoms with E-state index >= 15 is 0 Å². The molecule has 1 saturated carbocycles. The second kappa shape index (κ2) is 7.61. The summed E-state index contributed by atoms with van der Waals surface area (Å²) in [5.41, 5.74) is 2.77. The molecular formula is C20H22BrN3OS. The number of hydrogen-bond donors (Lipinski definition) is 0. The number of hydrogen-bond acceptors (Lipinski definition) is 4. The van der Waals surface area contributed by atoms with Gasteiger partial charge in [-0.25, -0.2) is 4.98 Å². The highest BCUT2D eigenvalue weighted by atomic mass is 79.9. The molecule has 2 aromatic rings. The summed E-state index contributed by atoms with van der Waals surface area (Å²) in [6.45, 7) is 1.51. The first kappa shape index (κ1) is 17.9. The molecule has 26 heavy (non-hydrogen) atoms. The largest absolute Gasteiger partial charge is 0.371 e. The number of thioether (sulfide) groups is 1. The summed E-state index contributed by atoms with van der Waals surface area (Å²) in [7, 11) is 2.07. The van der Waals surface area contributed by atoms with Crippen LogP contribution in [0.25, 0.3) is 0 Å². The fourth-order valence-corrected chi connectivity index (χ4v) is 5.33. The first-order chi connectivity index (χ1) is 12.6. The summed E-state index contributed by atoms with van der Waals surface area (Å²) < 4.78 is 1.02. The van der Waals surface area contributed by atoms with Crippen molar-refractivity contribution in [3.8, 4) is 0 Å². The number of aromatic nitrogens is 1. The number of benzene rings is 1. The molecule has 0 atom stereocenters. The van der Waals surface area contributed by atoms with E-state index < -0.39 is 0 Å². The smallest absolute Gasteiger partial charge is 0.261 e. The first-order valence-electron chi connectivity index (χ1n) is 9.08. The molecule has 0 bridgehead atoms. The zero-order valence-electron chi connectivity index (χ0n) is 14.8. The number of amides is 1. The van der Waals surface area contributed by atoms with Crippen molar-refractivity contribution in [3.05, 3.63) is 46.6 Å². The van der Waals surface area contributed by atoms with Crippen molar-refractivity contribution in [1.82, 2.24) is 4.98 Å².